The van der Waals surface area contributed by atoms with Gasteiger partial charge in [-0.05, 0) is 41.8 Å². The number of rotatable bonds is 9. The van der Waals surface area contributed by atoms with E-state index in [9.17, 15) is 13.6 Å². The Morgan fingerprint density at radius 2 is 1.89 bits per heavy atom. The topological polar surface area (TPSA) is 75.5 Å². The van der Waals surface area contributed by atoms with Gasteiger partial charge in [0.2, 0.25) is 0 Å². The summed E-state index contributed by atoms with van der Waals surface area (Å²) in [4.78, 5) is 16.4. The minimum Gasteiger partial charge on any atom is -0.481 e. The zero-order valence-electron chi connectivity index (χ0n) is 19.9. The molecule has 0 aliphatic rings. The van der Waals surface area contributed by atoms with Crippen LogP contribution in [0.5, 0.6) is 11.5 Å². The predicted molar refractivity (Wildman–Crippen MR) is 131 cm³/mol. The van der Waals surface area contributed by atoms with E-state index in [4.69, 9.17) is 26.1 Å². The number of methoxy groups -OCH3 is 1. The van der Waals surface area contributed by atoms with Gasteiger partial charge in [-0.3, -0.25) is 4.98 Å². The van der Waals surface area contributed by atoms with E-state index in [1.807, 2.05) is 50.4 Å². The largest absolute Gasteiger partial charge is 0.481 e. The van der Waals surface area contributed by atoms with E-state index in [1.54, 1.807) is 10.9 Å². The van der Waals surface area contributed by atoms with Gasteiger partial charge in [-0.25, -0.2) is 9.48 Å². The van der Waals surface area contributed by atoms with Gasteiger partial charge in [0, 0.05) is 24.4 Å². The zero-order chi connectivity index (χ0) is 25.8. The number of alkyl halides is 2. The molecule has 0 bridgehead atoms. The van der Waals surface area contributed by atoms with Gasteiger partial charge in [-0.2, -0.15) is 13.9 Å². The lowest BCUT2D eigenvalue weighted by Gasteiger charge is -2.21. The highest BCUT2D eigenvalue weighted by atomic mass is 35.5. The molecule has 0 spiro atoms. The van der Waals surface area contributed by atoms with Gasteiger partial charge >= 0.3 is 12.6 Å². The summed E-state index contributed by atoms with van der Waals surface area (Å²) in [5.74, 6) is -0.701. The Kier molecular flexibility index (Phi) is 7.69. The molecule has 0 unspecified atom stereocenters. The van der Waals surface area contributed by atoms with E-state index in [2.05, 4.69) is 9.84 Å². The molecule has 2 heterocycles. The summed E-state index contributed by atoms with van der Waals surface area (Å²) in [7, 11) is 1.23. The smallest absolute Gasteiger partial charge is 0.387 e. The molecule has 0 saturated heterocycles. The van der Waals surface area contributed by atoms with Crippen molar-refractivity contribution in [1.29, 1.82) is 0 Å². The maximum atomic E-state index is 13.7. The second-order valence-electron chi connectivity index (χ2n) is 8.27. The number of hydrogen-bond donors (Lipinski definition) is 0. The van der Waals surface area contributed by atoms with E-state index in [1.165, 1.54) is 19.2 Å². The Bertz CT molecular complexity index is 1360. The second-order valence-corrected chi connectivity index (χ2v) is 8.67. The van der Waals surface area contributed by atoms with Crippen LogP contribution in [0.2, 0.25) is 5.02 Å². The summed E-state index contributed by atoms with van der Waals surface area (Å²) >= 11 is 6.42. The van der Waals surface area contributed by atoms with Crippen molar-refractivity contribution in [2.24, 2.45) is 0 Å². The summed E-state index contributed by atoms with van der Waals surface area (Å²) in [5, 5.41) is 4.62. The van der Waals surface area contributed by atoms with Crippen molar-refractivity contribution >= 4 is 28.5 Å². The van der Waals surface area contributed by atoms with E-state index in [0.29, 0.717) is 11.3 Å². The van der Waals surface area contributed by atoms with E-state index < -0.39 is 19.2 Å². The van der Waals surface area contributed by atoms with Crippen molar-refractivity contribution in [1.82, 2.24) is 14.8 Å². The number of pyridine rings is 1. The zero-order valence-corrected chi connectivity index (χ0v) is 20.6. The molecule has 0 aliphatic carbocycles. The molecule has 10 heteroatoms. The van der Waals surface area contributed by atoms with Crippen LogP contribution < -0.4 is 9.47 Å². The molecule has 2 aromatic heterocycles. The van der Waals surface area contributed by atoms with Crippen LogP contribution in [0.25, 0.3) is 16.6 Å². The van der Waals surface area contributed by atoms with Crippen LogP contribution >= 0.6 is 11.6 Å². The lowest BCUT2D eigenvalue weighted by molar-refractivity contribution is -0.142. The van der Waals surface area contributed by atoms with Crippen molar-refractivity contribution in [2.75, 3.05) is 13.7 Å². The minimum absolute atomic E-state index is 0.0859. The van der Waals surface area contributed by atoms with Crippen LogP contribution in [-0.2, 0) is 16.0 Å². The quantitative estimate of drug-likeness (QED) is 0.257. The van der Waals surface area contributed by atoms with Crippen LogP contribution in [0.15, 0.2) is 54.9 Å². The summed E-state index contributed by atoms with van der Waals surface area (Å²) < 4.78 is 44.5. The fraction of sp³-hybridized carbons (Fsp3) is 0.269. The van der Waals surface area contributed by atoms with Gasteiger partial charge in [-0.15, -0.1) is 0 Å². The number of nitrogens with zero attached hydrogens (tertiary/aromatic N) is 3. The average Bonchev–Trinajstić information content (AvgIpc) is 3.39. The Morgan fingerprint density at radius 1 is 1.14 bits per heavy atom. The normalized spacial score (nSPS) is 11.3. The van der Waals surface area contributed by atoms with Crippen LogP contribution in [0.4, 0.5) is 8.78 Å². The number of ether oxygens (including phenoxy) is 3. The molecule has 2 aromatic carbocycles. The number of hydrogen-bond acceptors (Lipinski definition) is 6. The first-order valence-corrected chi connectivity index (χ1v) is 11.5. The molecule has 4 rings (SSSR count). The first kappa shape index (κ1) is 25.4. The fourth-order valence-corrected chi connectivity index (χ4v) is 4.11. The fourth-order valence-electron chi connectivity index (χ4n) is 3.91. The Morgan fingerprint density at radius 3 is 2.50 bits per heavy atom. The number of carbonyl (C=O) groups is 1. The monoisotopic (exact) mass is 515 g/mol. The number of fused-ring (bicyclic) bond motifs is 1. The van der Waals surface area contributed by atoms with Crippen molar-refractivity contribution < 1.29 is 27.8 Å². The first-order chi connectivity index (χ1) is 17.3. The van der Waals surface area contributed by atoms with Crippen LogP contribution in [-0.4, -0.2) is 41.1 Å². The standard InChI is InChI=1S/C26H24ClF2N3O4/c1-15(2)23-18(13-16-5-7-17(8-6-16)32-12-4-11-30-32)25(36-26(28)29)22-20(35-14-21(33)34-3)10-9-19(27)24(22)31-23/h4-12,15,26H,13-14H2,1-3H3. The molecule has 36 heavy (non-hydrogen) atoms. The average molecular weight is 516 g/mol. The lowest BCUT2D eigenvalue weighted by Crippen LogP contribution is -2.14. The molecule has 188 valence electrons. The minimum atomic E-state index is -3.11. The number of aromatic nitrogens is 3. The molecule has 0 saturated carbocycles. The van der Waals surface area contributed by atoms with Gasteiger partial charge in [0.15, 0.2) is 6.61 Å². The van der Waals surface area contributed by atoms with Gasteiger partial charge in [0.05, 0.1) is 34.4 Å². The lowest BCUT2D eigenvalue weighted by atomic mass is 9.94. The van der Waals surface area contributed by atoms with Crippen molar-refractivity contribution in [2.45, 2.75) is 32.8 Å². The van der Waals surface area contributed by atoms with E-state index >= 15 is 0 Å². The molecule has 7 nitrogen and oxygen atoms in total. The van der Waals surface area contributed by atoms with Crippen molar-refractivity contribution in [3.63, 3.8) is 0 Å². The summed E-state index contributed by atoms with van der Waals surface area (Å²) in [6.07, 6.45) is 3.77. The van der Waals surface area contributed by atoms with Crippen molar-refractivity contribution in [3.8, 4) is 17.2 Å². The SMILES string of the molecule is COC(=O)COc1ccc(Cl)c2nc(C(C)C)c(Cc3ccc(-n4cccn4)cc3)c(OC(F)F)c12. The Balaban J connectivity index is 1.87. The third kappa shape index (κ3) is 5.41. The van der Waals surface area contributed by atoms with Crippen LogP contribution in [0.1, 0.15) is 36.6 Å². The van der Waals surface area contributed by atoms with E-state index in [-0.39, 0.29) is 39.8 Å². The predicted octanol–water partition coefficient (Wildman–Crippen LogP) is 5.94. The highest BCUT2D eigenvalue weighted by Crippen LogP contribution is 2.43. The molecular weight excluding hydrogens is 492 g/mol. The third-order valence-electron chi connectivity index (χ3n) is 5.55. The van der Waals surface area contributed by atoms with Crippen LogP contribution in [0.3, 0.4) is 0 Å². The van der Waals surface area contributed by atoms with Crippen LogP contribution in [0, 0.1) is 0 Å². The maximum absolute atomic E-state index is 13.7. The molecule has 0 fully saturated rings. The van der Waals surface area contributed by atoms with Gasteiger partial charge in [0.1, 0.15) is 11.5 Å². The molecule has 0 atom stereocenters. The summed E-state index contributed by atoms with van der Waals surface area (Å²) in [6.45, 7) is 0.299. The highest BCUT2D eigenvalue weighted by molar-refractivity contribution is 6.35. The maximum Gasteiger partial charge on any atom is 0.387 e. The van der Waals surface area contributed by atoms with Crippen molar-refractivity contribution in [3.05, 3.63) is 76.7 Å². The Labute approximate surface area is 211 Å². The first-order valence-electron chi connectivity index (χ1n) is 11.2. The van der Waals surface area contributed by atoms with Gasteiger partial charge in [0.25, 0.3) is 0 Å². The van der Waals surface area contributed by atoms with Gasteiger partial charge < -0.3 is 14.2 Å². The molecular formula is C26H24ClF2N3O4. The van der Waals surface area contributed by atoms with Gasteiger partial charge in [-0.1, -0.05) is 37.6 Å². The molecule has 0 amide bonds. The third-order valence-corrected chi connectivity index (χ3v) is 5.85. The number of benzene rings is 2. The molecule has 0 N–H and O–H groups in total. The van der Waals surface area contributed by atoms with E-state index in [0.717, 1.165) is 11.3 Å². The second kappa shape index (κ2) is 10.9. The molecule has 0 aliphatic heterocycles. The Hall–Kier alpha value is -3.72. The number of halogens is 3. The number of carbonyl (C=O) groups excluding carboxylic acids is 1. The number of esters is 1. The summed E-state index contributed by atoms with van der Waals surface area (Å²) in [5.41, 5.74) is 3.01. The molecule has 4 aromatic rings. The molecule has 0 radical (unpaired) electrons. The summed E-state index contributed by atoms with van der Waals surface area (Å²) in [6, 6.07) is 12.4. The highest BCUT2D eigenvalue weighted by Gasteiger charge is 2.25.